The first kappa shape index (κ1) is 20.9. The van der Waals surface area contributed by atoms with E-state index in [2.05, 4.69) is 20.9 Å². The van der Waals surface area contributed by atoms with Gasteiger partial charge in [-0.2, -0.15) is 13.2 Å². The summed E-state index contributed by atoms with van der Waals surface area (Å²) in [5, 5.41) is 9.11. The molecule has 0 aliphatic rings. The van der Waals surface area contributed by atoms with E-state index in [-0.39, 0.29) is 11.3 Å². The van der Waals surface area contributed by atoms with Crippen LogP contribution in [0.15, 0.2) is 83.5 Å². The Morgan fingerprint density at radius 1 is 0.903 bits per heavy atom. The Hall–Kier alpha value is -3.39. The van der Waals surface area contributed by atoms with E-state index in [1.54, 1.807) is 30.3 Å². The molecule has 0 fully saturated rings. The number of carbonyl (C=O) groups is 1. The molecule has 8 heteroatoms. The highest BCUT2D eigenvalue weighted by atomic mass is 79.9. The zero-order valence-corrected chi connectivity index (χ0v) is 17.4. The molecule has 0 saturated carbocycles. The SMILES string of the molecule is O=C(O)c1ccc(-c2ccc(-c3ccc(Br)cc3)n2-c2ccccc2C(F)(F)F)nc1. The molecule has 0 spiro atoms. The molecule has 0 bridgehead atoms. The molecule has 0 unspecified atom stereocenters. The Morgan fingerprint density at radius 3 is 2.19 bits per heavy atom. The molecule has 2 aromatic heterocycles. The van der Waals surface area contributed by atoms with Gasteiger partial charge in [-0.25, -0.2) is 4.79 Å². The van der Waals surface area contributed by atoms with Gasteiger partial charge in [-0.05, 0) is 54.1 Å². The van der Waals surface area contributed by atoms with Crippen molar-refractivity contribution in [2.45, 2.75) is 6.18 Å². The standard InChI is InChI=1S/C23H14BrF3N2O2/c24-16-8-5-14(6-9-16)19-11-12-21(18-10-7-15(13-28-18)22(30)31)29(19)20-4-2-1-3-17(20)23(25,26)27/h1-13H,(H,30,31). The second-order valence-electron chi connectivity index (χ2n) is 6.70. The lowest BCUT2D eigenvalue weighted by Crippen LogP contribution is -2.12. The minimum atomic E-state index is -4.56. The van der Waals surface area contributed by atoms with Crippen molar-refractivity contribution in [3.8, 4) is 28.3 Å². The highest BCUT2D eigenvalue weighted by Gasteiger charge is 2.34. The van der Waals surface area contributed by atoms with Crippen molar-refractivity contribution < 1.29 is 23.1 Å². The second kappa shape index (κ2) is 8.03. The molecule has 0 atom stereocenters. The lowest BCUT2D eigenvalue weighted by Gasteiger charge is -2.19. The van der Waals surface area contributed by atoms with Gasteiger partial charge >= 0.3 is 12.1 Å². The normalized spacial score (nSPS) is 11.5. The largest absolute Gasteiger partial charge is 0.478 e. The lowest BCUT2D eigenvalue weighted by molar-refractivity contribution is -0.137. The smallest absolute Gasteiger partial charge is 0.418 e. The lowest BCUT2D eigenvalue weighted by atomic mass is 10.1. The van der Waals surface area contributed by atoms with E-state index in [0.717, 1.165) is 10.5 Å². The Kier molecular flexibility index (Phi) is 5.41. The Balaban J connectivity index is 1.98. The zero-order chi connectivity index (χ0) is 22.2. The van der Waals surface area contributed by atoms with Crippen molar-refractivity contribution in [1.82, 2.24) is 9.55 Å². The second-order valence-corrected chi connectivity index (χ2v) is 7.61. The monoisotopic (exact) mass is 486 g/mol. The van der Waals surface area contributed by atoms with Gasteiger partial charge in [0.2, 0.25) is 0 Å². The first-order valence-corrected chi connectivity index (χ1v) is 9.89. The molecular weight excluding hydrogens is 473 g/mol. The molecular formula is C23H14BrF3N2O2. The number of hydrogen-bond donors (Lipinski definition) is 1. The van der Waals surface area contributed by atoms with Crippen molar-refractivity contribution in [2.75, 3.05) is 0 Å². The van der Waals surface area contributed by atoms with Gasteiger partial charge in [0.1, 0.15) is 0 Å². The summed E-state index contributed by atoms with van der Waals surface area (Å²) in [6.07, 6.45) is -3.38. The van der Waals surface area contributed by atoms with E-state index in [1.165, 1.54) is 35.0 Å². The Bertz CT molecular complexity index is 1250. The summed E-state index contributed by atoms with van der Waals surface area (Å²) in [5.41, 5.74) is 1.18. The predicted octanol–water partition coefficient (Wildman–Crippen LogP) is 6.69. The van der Waals surface area contributed by atoms with Gasteiger partial charge < -0.3 is 9.67 Å². The third kappa shape index (κ3) is 4.11. The molecule has 0 radical (unpaired) electrons. The molecule has 4 aromatic rings. The maximum Gasteiger partial charge on any atom is 0.418 e. The summed E-state index contributed by atoms with van der Waals surface area (Å²) < 4.78 is 43.7. The number of hydrogen-bond acceptors (Lipinski definition) is 2. The van der Waals surface area contributed by atoms with Crippen LogP contribution in [-0.4, -0.2) is 20.6 Å². The van der Waals surface area contributed by atoms with Crippen molar-refractivity contribution in [1.29, 1.82) is 0 Å². The number of aromatic carboxylic acids is 1. The van der Waals surface area contributed by atoms with E-state index >= 15 is 0 Å². The molecule has 4 nitrogen and oxygen atoms in total. The summed E-state index contributed by atoms with van der Waals surface area (Å²) >= 11 is 3.37. The van der Waals surface area contributed by atoms with E-state index in [1.807, 2.05) is 12.1 Å². The molecule has 1 N–H and O–H groups in total. The summed E-state index contributed by atoms with van der Waals surface area (Å²) in [4.78, 5) is 15.3. The van der Waals surface area contributed by atoms with Gasteiger partial charge in [0, 0.05) is 10.7 Å². The summed E-state index contributed by atoms with van der Waals surface area (Å²) in [6, 6.07) is 18.8. The maximum absolute atomic E-state index is 13.8. The minimum absolute atomic E-state index is 0.00863. The third-order valence-electron chi connectivity index (χ3n) is 4.74. The number of rotatable bonds is 4. The molecule has 0 aliphatic heterocycles. The average molecular weight is 487 g/mol. The number of alkyl halides is 3. The van der Waals surface area contributed by atoms with E-state index in [0.29, 0.717) is 22.6 Å². The fourth-order valence-corrected chi connectivity index (χ4v) is 3.59. The van der Waals surface area contributed by atoms with Crippen molar-refractivity contribution in [3.63, 3.8) is 0 Å². The van der Waals surface area contributed by atoms with Crippen LogP contribution >= 0.6 is 15.9 Å². The van der Waals surface area contributed by atoms with Gasteiger partial charge in [-0.15, -0.1) is 0 Å². The highest BCUT2D eigenvalue weighted by Crippen LogP contribution is 2.39. The number of benzene rings is 2. The van der Waals surface area contributed by atoms with Crippen LogP contribution in [0.5, 0.6) is 0 Å². The Labute approximate surface area is 183 Å². The first-order chi connectivity index (χ1) is 14.8. The van der Waals surface area contributed by atoms with Gasteiger partial charge in [0.15, 0.2) is 0 Å². The first-order valence-electron chi connectivity index (χ1n) is 9.10. The number of carboxylic acid groups (broad SMARTS) is 1. The molecule has 4 rings (SSSR count). The molecule has 2 heterocycles. The van der Waals surface area contributed by atoms with Gasteiger partial charge in [0.05, 0.1) is 33.9 Å². The fraction of sp³-hybridized carbons (Fsp3) is 0.0435. The maximum atomic E-state index is 13.8. The molecule has 0 aliphatic carbocycles. The number of nitrogens with zero attached hydrogens (tertiary/aromatic N) is 2. The number of para-hydroxylation sites is 1. The highest BCUT2D eigenvalue weighted by molar-refractivity contribution is 9.10. The number of carboxylic acids is 1. The van der Waals surface area contributed by atoms with Gasteiger partial charge in [-0.3, -0.25) is 4.98 Å². The number of halogens is 4. The van der Waals surface area contributed by atoms with E-state index < -0.39 is 17.7 Å². The van der Waals surface area contributed by atoms with Crippen molar-refractivity contribution in [3.05, 3.63) is 94.6 Å². The third-order valence-corrected chi connectivity index (χ3v) is 5.27. The zero-order valence-electron chi connectivity index (χ0n) is 15.8. The topological polar surface area (TPSA) is 55.1 Å². The van der Waals surface area contributed by atoms with Crippen molar-refractivity contribution in [2.24, 2.45) is 0 Å². The van der Waals surface area contributed by atoms with Crippen LogP contribution in [0.4, 0.5) is 13.2 Å². The quantitative estimate of drug-likeness (QED) is 0.349. The summed E-state index contributed by atoms with van der Waals surface area (Å²) in [5.74, 6) is -1.13. The van der Waals surface area contributed by atoms with Crippen LogP contribution < -0.4 is 0 Å². The van der Waals surface area contributed by atoms with Crippen LogP contribution in [0.3, 0.4) is 0 Å². The summed E-state index contributed by atoms with van der Waals surface area (Å²) in [6.45, 7) is 0. The average Bonchev–Trinajstić information content (AvgIpc) is 3.18. The summed E-state index contributed by atoms with van der Waals surface area (Å²) in [7, 11) is 0. The minimum Gasteiger partial charge on any atom is -0.478 e. The van der Waals surface area contributed by atoms with Crippen molar-refractivity contribution >= 4 is 21.9 Å². The van der Waals surface area contributed by atoms with E-state index in [4.69, 9.17) is 5.11 Å². The molecule has 31 heavy (non-hydrogen) atoms. The van der Waals surface area contributed by atoms with Crippen LogP contribution in [0.1, 0.15) is 15.9 Å². The molecule has 2 aromatic carbocycles. The molecule has 0 amide bonds. The van der Waals surface area contributed by atoms with Crippen LogP contribution in [0.25, 0.3) is 28.3 Å². The predicted molar refractivity (Wildman–Crippen MR) is 114 cm³/mol. The molecule has 156 valence electrons. The fourth-order valence-electron chi connectivity index (χ4n) is 3.32. The Morgan fingerprint density at radius 2 is 1.58 bits per heavy atom. The van der Waals surface area contributed by atoms with Gasteiger partial charge in [0.25, 0.3) is 0 Å². The van der Waals surface area contributed by atoms with Crippen LogP contribution in [0.2, 0.25) is 0 Å². The van der Waals surface area contributed by atoms with Gasteiger partial charge in [-0.1, -0.05) is 40.2 Å². The van der Waals surface area contributed by atoms with Crippen LogP contribution in [0, 0.1) is 0 Å². The molecule has 0 saturated heterocycles. The number of pyridine rings is 1. The van der Waals surface area contributed by atoms with Crippen LogP contribution in [-0.2, 0) is 6.18 Å². The van der Waals surface area contributed by atoms with E-state index in [9.17, 15) is 18.0 Å². The number of aromatic nitrogens is 2.